The fraction of sp³-hybridized carbons (Fsp3) is 0.500. The van der Waals surface area contributed by atoms with Crippen molar-refractivity contribution in [2.45, 2.75) is 25.4 Å². The third kappa shape index (κ3) is 2.24. The maximum atomic E-state index is 11.7. The number of nitrogens with one attached hydrogen (secondary N) is 1. The molecule has 0 spiro atoms. The molecular weight excluding hydrogens is 220 g/mol. The molecule has 1 aliphatic heterocycles. The SMILES string of the molecule is CC(C=O)NC(=O)c1ccn(C2(C)COC2)c1. The van der Waals surface area contributed by atoms with Gasteiger partial charge in [-0.15, -0.1) is 0 Å². The number of rotatable bonds is 4. The van der Waals surface area contributed by atoms with Crippen molar-refractivity contribution in [2.24, 2.45) is 0 Å². The van der Waals surface area contributed by atoms with Gasteiger partial charge in [0.15, 0.2) is 0 Å². The lowest BCUT2D eigenvalue weighted by Crippen LogP contribution is -2.48. The van der Waals surface area contributed by atoms with Crippen LogP contribution in [0.25, 0.3) is 0 Å². The van der Waals surface area contributed by atoms with Crippen LogP contribution in [0.2, 0.25) is 0 Å². The van der Waals surface area contributed by atoms with Crippen molar-refractivity contribution in [3.8, 4) is 0 Å². The molecule has 1 aliphatic rings. The average molecular weight is 236 g/mol. The van der Waals surface area contributed by atoms with Crippen LogP contribution in [0.1, 0.15) is 24.2 Å². The predicted octanol–water partition coefficient (Wildman–Crippen LogP) is 0.551. The molecule has 1 N–H and O–H groups in total. The molecular formula is C12H16N2O3. The van der Waals surface area contributed by atoms with E-state index in [1.165, 1.54) is 0 Å². The average Bonchev–Trinajstić information content (AvgIpc) is 2.75. The van der Waals surface area contributed by atoms with E-state index in [1.807, 2.05) is 10.8 Å². The van der Waals surface area contributed by atoms with Gasteiger partial charge >= 0.3 is 0 Å². The van der Waals surface area contributed by atoms with E-state index in [1.54, 1.807) is 19.2 Å². The lowest BCUT2D eigenvalue weighted by Gasteiger charge is -2.39. The Balaban J connectivity index is 2.07. The first-order valence-electron chi connectivity index (χ1n) is 5.57. The van der Waals surface area contributed by atoms with Gasteiger partial charge < -0.3 is 19.4 Å². The van der Waals surface area contributed by atoms with Crippen molar-refractivity contribution in [2.75, 3.05) is 13.2 Å². The zero-order chi connectivity index (χ0) is 12.5. The number of carbonyl (C=O) groups is 2. The minimum atomic E-state index is -0.464. The Kier molecular flexibility index (Phi) is 3.02. The Bertz CT molecular complexity index is 435. The number of aldehydes is 1. The normalized spacial score (nSPS) is 19.2. The summed E-state index contributed by atoms with van der Waals surface area (Å²) in [5.41, 5.74) is 0.515. The van der Waals surface area contributed by atoms with Crippen LogP contribution in [-0.4, -0.2) is 36.0 Å². The second-order valence-electron chi connectivity index (χ2n) is 4.70. The van der Waals surface area contributed by atoms with E-state index < -0.39 is 6.04 Å². The molecule has 1 saturated heterocycles. The summed E-state index contributed by atoms with van der Waals surface area (Å²) in [5.74, 6) is -0.229. The smallest absolute Gasteiger partial charge is 0.253 e. The third-order valence-corrected chi connectivity index (χ3v) is 2.97. The van der Waals surface area contributed by atoms with Gasteiger partial charge in [0.25, 0.3) is 5.91 Å². The molecule has 0 saturated carbocycles. The quantitative estimate of drug-likeness (QED) is 0.777. The summed E-state index contributed by atoms with van der Waals surface area (Å²) in [7, 11) is 0. The summed E-state index contributed by atoms with van der Waals surface area (Å²) in [6, 6.07) is 1.28. The minimum Gasteiger partial charge on any atom is -0.376 e. The highest BCUT2D eigenvalue weighted by Crippen LogP contribution is 2.26. The van der Waals surface area contributed by atoms with Crippen LogP contribution in [0, 0.1) is 0 Å². The molecule has 1 aromatic rings. The summed E-state index contributed by atoms with van der Waals surface area (Å²) in [5, 5.41) is 2.60. The second-order valence-corrected chi connectivity index (χ2v) is 4.70. The van der Waals surface area contributed by atoms with E-state index in [-0.39, 0.29) is 11.4 Å². The highest BCUT2D eigenvalue weighted by atomic mass is 16.5. The largest absolute Gasteiger partial charge is 0.376 e. The first-order chi connectivity index (χ1) is 8.05. The zero-order valence-corrected chi connectivity index (χ0v) is 9.97. The van der Waals surface area contributed by atoms with Gasteiger partial charge in [-0.1, -0.05) is 0 Å². The molecule has 1 unspecified atom stereocenters. The molecule has 17 heavy (non-hydrogen) atoms. The Morgan fingerprint density at radius 2 is 2.35 bits per heavy atom. The fourth-order valence-electron chi connectivity index (χ4n) is 1.74. The summed E-state index contributed by atoms with van der Waals surface area (Å²) in [6.45, 7) is 5.04. The Morgan fingerprint density at radius 1 is 1.65 bits per heavy atom. The van der Waals surface area contributed by atoms with Crippen molar-refractivity contribution in [3.05, 3.63) is 24.0 Å². The van der Waals surface area contributed by atoms with E-state index >= 15 is 0 Å². The molecule has 1 aromatic heterocycles. The number of nitrogens with zero attached hydrogens (tertiary/aromatic N) is 1. The fourth-order valence-corrected chi connectivity index (χ4v) is 1.74. The second kappa shape index (κ2) is 4.33. The van der Waals surface area contributed by atoms with Crippen LogP contribution in [0.15, 0.2) is 18.5 Å². The molecule has 2 rings (SSSR count). The molecule has 5 nitrogen and oxygen atoms in total. The monoisotopic (exact) mass is 236 g/mol. The lowest BCUT2D eigenvalue weighted by molar-refractivity contribution is -0.109. The standard InChI is InChI=1S/C12H16N2O3/c1-9(6-15)13-11(16)10-3-4-14(5-10)12(2)7-17-8-12/h3-6,9H,7-8H2,1-2H3,(H,13,16). The van der Waals surface area contributed by atoms with Crippen LogP contribution >= 0.6 is 0 Å². The van der Waals surface area contributed by atoms with E-state index in [0.717, 1.165) is 0 Å². The number of carbonyl (C=O) groups excluding carboxylic acids is 2. The van der Waals surface area contributed by atoms with Gasteiger partial charge in [-0.05, 0) is 19.9 Å². The van der Waals surface area contributed by atoms with Crippen LogP contribution < -0.4 is 5.32 Å². The van der Waals surface area contributed by atoms with Gasteiger partial charge in [-0.25, -0.2) is 0 Å². The van der Waals surface area contributed by atoms with Gasteiger partial charge in [0.1, 0.15) is 6.29 Å². The van der Waals surface area contributed by atoms with Crippen LogP contribution in [0.5, 0.6) is 0 Å². The number of amides is 1. The van der Waals surface area contributed by atoms with Gasteiger partial charge in [-0.2, -0.15) is 0 Å². The Labute approximate surface area is 99.8 Å². The molecule has 1 atom stereocenters. The molecule has 1 fully saturated rings. The maximum absolute atomic E-state index is 11.7. The van der Waals surface area contributed by atoms with Gasteiger partial charge in [0.2, 0.25) is 0 Å². The number of hydrogen-bond acceptors (Lipinski definition) is 3. The number of aromatic nitrogens is 1. The van der Waals surface area contributed by atoms with Crippen molar-refractivity contribution in [1.82, 2.24) is 9.88 Å². The Morgan fingerprint density at radius 3 is 2.88 bits per heavy atom. The van der Waals surface area contributed by atoms with Crippen LogP contribution in [0.3, 0.4) is 0 Å². The van der Waals surface area contributed by atoms with Crippen molar-refractivity contribution < 1.29 is 14.3 Å². The van der Waals surface area contributed by atoms with Crippen LogP contribution in [-0.2, 0) is 15.1 Å². The van der Waals surface area contributed by atoms with E-state index in [4.69, 9.17) is 4.74 Å². The summed E-state index contributed by atoms with van der Waals surface area (Å²) in [4.78, 5) is 22.2. The van der Waals surface area contributed by atoms with E-state index in [0.29, 0.717) is 25.1 Å². The maximum Gasteiger partial charge on any atom is 0.253 e. The molecule has 0 bridgehead atoms. The molecule has 1 amide bonds. The number of ether oxygens (including phenoxy) is 1. The predicted molar refractivity (Wildman–Crippen MR) is 61.9 cm³/mol. The molecule has 92 valence electrons. The van der Waals surface area contributed by atoms with E-state index in [2.05, 4.69) is 12.2 Å². The zero-order valence-electron chi connectivity index (χ0n) is 9.97. The molecule has 0 aliphatic carbocycles. The first kappa shape index (κ1) is 11.9. The van der Waals surface area contributed by atoms with Crippen molar-refractivity contribution >= 4 is 12.2 Å². The van der Waals surface area contributed by atoms with Crippen molar-refractivity contribution in [1.29, 1.82) is 0 Å². The molecule has 2 heterocycles. The Hall–Kier alpha value is -1.62. The first-order valence-corrected chi connectivity index (χ1v) is 5.57. The third-order valence-electron chi connectivity index (χ3n) is 2.97. The topological polar surface area (TPSA) is 60.3 Å². The van der Waals surface area contributed by atoms with Gasteiger partial charge in [0, 0.05) is 12.4 Å². The minimum absolute atomic E-state index is 0.0468. The molecule has 0 aromatic carbocycles. The summed E-state index contributed by atoms with van der Waals surface area (Å²) in [6.07, 6.45) is 4.36. The van der Waals surface area contributed by atoms with Gasteiger partial charge in [-0.3, -0.25) is 4.79 Å². The summed E-state index contributed by atoms with van der Waals surface area (Å²) < 4.78 is 7.16. The molecule has 0 radical (unpaired) electrons. The van der Waals surface area contributed by atoms with Crippen LogP contribution in [0.4, 0.5) is 0 Å². The lowest BCUT2D eigenvalue weighted by atomic mass is 10.0. The van der Waals surface area contributed by atoms with Gasteiger partial charge in [0.05, 0.1) is 30.4 Å². The van der Waals surface area contributed by atoms with Crippen molar-refractivity contribution in [3.63, 3.8) is 0 Å². The number of hydrogen-bond donors (Lipinski definition) is 1. The van der Waals surface area contributed by atoms with E-state index in [9.17, 15) is 9.59 Å². The molecule has 5 heteroatoms. The highest BCUT2D eigenvalue weighted by Gasteiger charge is 2.35. The highest BCUT2D eigenvalue weighted by molar-refractivity contribution is 5.95. The summed E-state index contributed by atoms with van der Waals surface area (Å²) >= 11 is 0.